The SMILES string of the molecule is N#Cc1ccnc(-c2cccc(-c3ccc4c5c6ccccc6c(-c6ccccc6)cc5n(-c5ccccc5)c4c3)c2)c1. The number of hydrogen-bond donors (Lipinski definition) is 0. The van der Waals surface area contributed by atoms with Crippen LogP contribution in [0.4, 0.5) is 0 Å². The predicted molar refractivity (Wildman–Crippen MR) is 177 cm³/mol. The van der Waals surface area contributed by atoms with Crippen molar-refractivity contribution in [3.05, 3.63) is 157 Å². The lowest BCUT2D eigenvalue weighted by molar-refractivity contribution is 1.18. The first-order valence-electron chi connectivity index (χ1n) is 14.4. The Balaban J connectivity index is 1.42. The Hall–Kier alpha value is -5.98. The van der Waals surface area contributed by atoms with Crippen LogP contribution in [0.5, 0.6) is 0 Å². The molecule has 2 heterocycles. The van der Waals surface area contributed by atoms with Gasteiger partial charge in [-0.3, -0.25) is 4.98 Å². The summed E-state index contributed by atoms with van der Waals surface area (Å²) in [5.74, 6) is 0. The third-order valence-corrected chi connectivity index (χ3v) is 8.25. The van der Waals surface area contributed by atoms with Gasteiger partial charge in [0, 0.05) is 28.2 Å². The molecular formula is C40H25N3. The van der Waals surface area contributed by atoms with Gasteiger partial charge in [0.1, 0.15) is 0 Å². The number of para-hydroxylation sites is 1. The predicted octanol–water partition coefficient (Wildman–Crippen LogP) is 10.2. The molecule has 0 saturated heterocycles. The first-order chi connectivity index (χ1) is 21.3. The van der Waals surface area contributed by atoms with Crippen molar-refractivity contribution in [2.24, 2.45) is 0 Å². The van der Waals surface area contributed by atoms with Crippen LogP contribution in [0.3, 0.4) is 0 Å². The average molecular weight is 548 g/mol. The number of fused-ring (bicyclic) bond motifs is 5. The van der Waals surface area contributed by atoms with Gasteiger partial charge in [-0.15, -0.1) is 0 Å². The normalized spacial score (nSPS) is 11.2. The minimum atomic E-state index is 0.603. The second kappa shape index (κ2) is 10.1. The van der Waals surface area contributed by atoms with Gasteiger partial charge in [0.05, 0.1) is 28.4 Å². The smallest absolute Gasteiger partial charge is 0.0992 e. The van der Waals surface area contributed by atoms with Crippen LogP contribution < -0.4 is 0 Å². The Morgan fingerprint density at radius 3 is 2.02 bits per heavy atom. The van der Waals surface area contributed by atoms with Crippen molar-refractivity contribution in [2.75, 3.05) is 0 Å². The summed E-state index contributed by atoms with van der Waals surface area (Å²) in [7, 11) is 0. The molecule has 0 amide bonds. The molecule has 0 aliphatic rings. The maximum absolute atomic E-state index is 9.39. The molecule has 0 spiro atoms. The van der Waals surface area contributed by atoms with Gasteiger partial charge >= 0.3 is 0 Å². The van der Waals surface area contributed by atoms with Crippen molar-refractivity contribution in [3.8, 4) is 45.3 Å². The molecule has 0 N–H and O–H groups in total. The molecule has 3 heteroatoms. The zero-order valence-electron chi connectivity index (χ0n) is 23.3. The number of pyridine rings is 1. The summed E-state index contributed by atoms with van der Waals surface area (Å²) in [4.78, 5) is 4.53. The minimum Gasteiger partial charge on any atom is -0.309 e. The zero-order valence-corrected chi connectivity index (χ0v) is 23.3. The van der Waals surface area contributed by atoms with Gasteiger partial charge in [0.2, 0.25) is 0 Å². The molecule has 3 nitrogen and oxygen atoms in total. The van der Waals surface area contributed by atoms with Crippen LogP contribution in [-0.2, 0) is 0 Å². The van der Waals surface area contributed by atoms with E-state index in [1.54, 1.807) is 12.3 Å². The molecule has 0 saturated carbocycles. The summed E-state index contributed by atoms with van der Waals surface area (Å²) in [6, 6.07) is 53.4. The largest absolute Gasteiger partial charge is 0.309 e. The number of nitriles is 1. The highest BCUT2D eigenvalue weighted by Gasteiger charge is 2.18. The highest BCUT2D eigenvalue weighted by atomic mass is 15.0. The topological polar surface area (TPSA) is 41.6 Å². The van der Waals surface area contributed by atoms with Crippen molar-refractivity contribution in [1.82, 2.24) is 9.55 Å². The van der Waals surface area contributed by atoms with Crippen molar-refractivity contribution in [3.63, 3.8) is 0 Å². The van der Waals surface area contributed by atoms with Crippen molar-refractivity contribution in [1.29, 1.82) is 5.26 Å². The molecule has 200 valence electrons. The summed E-state index contributed by atoms with van der Waals surface area (Å²) in [6.07, 6.45) is 1.69. The summed E-state index contributed by atoms with van der Waals surface area (Å²) in [5, 5.41) is 14.4. The van der Waals surface area contributed by atoms with E-state index in [1.807, 2.05) is 12.1 Å². The van der Waals surface area contributed by atoms with Crippen LogP contribution in [-0.4, -0.2) is 9.55 Å². The van der Waals surface area contributed by atoms with Gasteiger partial charge in [-0.05, 0) is 75.5 Å². The molecule has 2 aromatic heterocycles. The molecular weight excluding hydrogens is 522 g/mol. The zero-order chi connectivity index (χ0) is 28.8. The third kappa shape index (κ3) is 4.17. The first kappa shape index (κ1) is 24.8. The Morgan fingerprint density at radius 2 is 1.21 bits per heavy atom. The van der Waals surface area contributed by atoms with Crippen molar-refractivity contribution < 1.29 is 0 Å². The molecule has 8 rings (SSSR count). The van der Waals surface area contributed by atoms with Crippen LogP contribution in [0.15, 0.2) is 152 Å². The number of aromatic nitrogens is 2. The third-order valence-electron chi connectivity index (χ3n) is 8.25. The van der Waals surface area contributed by atoms with Crippen LogP contribution in [0.2, 0.25) is 0 Å². The maximum Gasteiger partial charge on any atom is 0.0992 e. The summed E-state index contributed by atoms with van der Waals surface area (Å²) in [5.41, 5.74) is 10.5. The Kier molecular flexibility index (Phi) is 5.84. The standard InChI is InChI=1S/C40H25N3/c41-26-27-20-21-42-37(22-27)31-13-9-12-29(23-31)30-18-19-35-38(24-30)43(32-14-5-2-6-15-32)39-25-36(28-10-3-1-4-11-28)33-16-7-8-17-34(33)40(35)39/h1-25H. The van der Waals surface area contributed by atoms with E-state index in [0.717, 1.165) is 33.6 Å². The van der Waals surface area contributed by atoms with Gasteiger partial charge in [-0.25, -0.2) is 0 Å². The molecule has 0 atom stereocenters. The molecule has 6 aromatic carbocycles. The molecule has 0 aliphatic carbocycles. The summed E-state index contributed by atoms with van der Waals surface area (Å²) < 4.78 is 2.40. The van der Waals surface area contributed by atoms with E-state index < -0.39 is 0 Å². The van der Waals surface area contributed by atoms with E-state index in [0.29, 0.717) is 5.56 Å². The lowest BCUT2D eigenvalue weighted by Crippen LogP contribution is -1.94. The minimum absolute atomic E-state index is 0.603. The highest BCUT2D eigenvalue weighted by Crippen LogP contribution is 2.42. The summed E-state index contributed by atoms with van der Waals surface area (Å²) in [6.45, 7) is 0. The molecule has 0 aliphatic heterocycles. The van der Waals surface area contributed by atoms with Crippen LogP contribution in [0.1, 0.15) is 5.56 Å². The van der Waals surface area contributed by atoms with Gasteiger partial charge in [-0.1, -0.05) is 103 Å². The van der Waals surface area contributed by atoms with Gasteiger partial charge < -0.3 is 4.57 Å². The molecule has 0 fully saturated rings. The molecule has 0 bridgehead atoms. The monoisotopic (exact) mass is 547 g/mol. The van der Waals surface area contributed by atoms with E-state index >= 15 is 0 Å². The van der Waals surface area contributed by atoms with Crippen LogP contribution in [0.25, 0.3) is 71.8 Å². The lowest BCUT2D eigenvalue weighted by atomic mass is 9.94. The summed E-state index contributed by atoms with van der Waals surface area (Å²) >= 11 is 0. The van der Waals surface area contributed by atoms with E-state index in [9.17, 15) is 5.26 Å². The van der Waals surface area contributed by atoms with Crippen LogP contribution >= 0.6 is 0 Å². The molecule has 8 aromatic rings. The van der Waals surface area contributed by atoms with E-state index in [1.165, 1.54) is 38.2 Å². The lowest BCUT2D eigenvalue weighted by Gasteiger charge is -2.12. The molecule has 0 unspecified atom stereocenters. The highest BCUT2D eigenvalue weighted by molar-refractivity contribution is 6.24. The second-order valence-electron chi connectivity index (χ2n) is 10.8. The average Bonchev–Trinajstić information content (AvgIpc) is 3.42. The van der Waals surface area contributed by atoms with Gasteiger partial charge in [0.25, 0.3) is 0 Å². The fraction of sp³-hybridized carbons (Fsp3) is 0. The van der Waals surface area contributed by atoms with Crippen molar-refractivity contribution >= 4 is 32.6 Å². The second-order valence-corrected chi connectivity index (χ2v) is 10.8. The first-order valence-corrected chi connectivity index (χ1v) is 14.4. The number of benzene rings is 6. The maximum atomic E-state index is 9.39. The quantitative estimate of drug-likeness (QED) is 0.220. The fourth-order valence-electron chi connectivity index (χ4n) is 6.29. The van der Waals surface area contributed by atoms with Gasteiger partial charge in [0.15, 0.2) is 0 Å². The van der Waals surface area contributed by atoms with Gasteiger partial charge in [-0.2, -0.15) is 5.26 Å². The Bertz CT molecular complexity index is 2340. The number of nitrogens with zero attached hydrogens (tertiary/aromatic N) is 3. The molecule has 0 radical (unpaired) electrons. The van der Waals surface area contributed by atoms with E-state index in [2.05, 4.69) is 143 Å². The molecule has 43 heavy (non-hydrogen) atoms. The van der Waals surface area contributed by atoms with Crippen LogP contribution in [0, 0.1) is 11.3 Å². The Labute approximate surface area is 249 Å². The van der Waals surface area contributed by atoms with Crippen molar-refractivity contribution in [2.45, 2.75) is 0 Å². The van der Waals surface area contributed by atoms with E-state index in [-0.39, 0.29) is 0 Å². The number of hydrogen-bond acceptors (Lipinski definition) is 2. The van der Waals surface area contributed by atoms with E-state index in [4.69, 9.17) is 0 Å². The number of rotatable bonds is 4. The fourth-order valence-corrected chi connectivity index (χ4v) is 6.29. The Morgan fingerprint density at radius 1 is 0.512 bits per heavy atom.